The van der Waals surface area contributed by atoms with Gasteiger partial charge >= 0.3 is 0 Å². The van der Waals surface area contributed by atoms with Crippen molar-refractivity contribution >= 4 is 22.4 Å². The molecule has 19 heavy (non-hydrogen) atoms. The van der Waals surface area contributed by atoms with Crippen molar-refractivity contribution in [1.29, 1.82) is 0 Å². The molecule has 0 bridgehead atoms. The van der Waals surface area contributed by atoms with Crippen LogP contribution in [-0.4, -0.2) is 26.5 Å². The lowest BCUT2D eigenvalue weighted by molar-refractivity contribution is 0.922. The second-order valence-electron chi connectivity index (χ2n) is 4.21. The van der Waals surface area contributed by atoms with Crippen molar-refractivity contribution in [3.8, 4) is 0 Å². The number of benzene rings is 1. The number of hydrogen-bond acceptors (Lipinski definition) is 5. The first-order valence-corrected chi connectivity index (χ1v) is 6.05. The van der Waals surface area contributed by atoms with Crippen molar-refractivity contribution in [3.05, 3.63) is 42.7 Å². The van der Waals surface area contributed by atoms with Gasteiger partial charge in [-0.15, -0.1) is 0 Å². The molecule has 3 rings (SSSR count). The van der Waals surface area contributed by atoms with Gasteiger partial charge in [0.15, 0.2) is 0 Å². The van der Waals surface area contributed by atoms with Crippen molar-refractivity contribution in [2.75, 3.05) is 17.6 Å². The number of aromatic nitrogens is 4. The third-order valence-corrected chi connectivity index (χ3v) is 2.87. The van der Waals surface area contributed by atoms with Crippen molar-refractivity contribution < 1.29 is 0 Å². The van der Waals surface area contributed by atoms with Crippen molar-refractivity contribution in [2.45, 2.75) is 6.42 Å². The standard InChI is InChI=1S/C13H14N6/c14-9-1-2-11-10(7-9)13(19-8-18-11)17-4-3-12-15-5-6-16-12/h1-2,5-8H,3-4,14H2,(H,15,16)(H,17,18,19). The van der Waals surface area contributed by atoms with Gasteiger partial charge in [0.2, 0.25) is 0 Å². The predicted octanol–water partition coefficient (Wildman–Crippen LogP) is 1.59. The molecule has 0 fully saturated rings. The summed E-state index contributed by atoms with van der Waals surface area (Å²) in [5.74, 6) is 1.74. The van der Waals surface area contributed by atoms with Crippen LogP contribution in [0, 0.1) is 0 Å². The first-order valence-electron chi connectivity index (χ1n) is 6.05. The minimum atomic E-state index is 0.705. The molecule has 96 valence electrons. The molecule has 2 aromatic heterocycles. The van der Waals surface area contributed by atoms with Crippen molar-refractivity contribution in [3.63, 3.8) is 0 Å². The predicted molar refractivity (Wildman–Crippen MR) is 74.7 cm³/mol. The second kappa shape index (κ2) is 4.93. The van der Waals surface area contributed by atoms with Crippen LogP contribution in [0.1, 0.15) is 5.82 Å². The van der Waals surface area contributed by atoms with Gasteiger partial charge in [0.25, 0.3) is 0 Å². The highest BCUT2D eigenvalue weighted by molar-refractivity contribution is 5.91. The number of rotatable bonds is 4. The fraction of sp³-hybridized carbons (Fsp3) is 0.154. The van der Waals surface area contributed by atoms with E-state index < -0.39 is 0 Å². The number of imidazole rings is 1. The zero-order valence-corrected chi connectivity index (χ0v) is 10.3. The van der Waals surface area contributed by atoms with Crippen LogP contribution >= 0.6 is 0 Å². The van der Waals surface area contributed by atoms with Crippen LogP contribution in [0.25, 0.3) is 10.9 Å². The maximum Gasteiger partial charge on any atom is 0.137 e. The Bertz CT molecular complexity index is 677. The number of nitrogens with one attached hydrogen (secondary N) is 2. The van der Waals surface area contributed by atoms with E-state index >= 15 is 0 Å². The maximum atomic E-state index is 5.80. The van der Waals surface area contributed by atoms with Gasteiger partial charge < -0.3 is 16.0 Å². The Balaban J connectivity index is 1.78. The number of nitrogens with zero attached hydrogens (tertiary/aromatic N) is 3. The van der Waals surface area contributed by atoms with E-state index in [0.29, 0.717) is 5.69 Å². The van der Waals surface area contributed by atoms with Crippen LogP contribution < -0.4 is 11.1 Å². The summed E-state index contributed by atoms with van der Waals surface area (Å²) in [6.45, 7) is 0.744. The van der Waals surface area contributed by atoms with Crippen molar-refractivity contribution in [1.82, 2.24) is 19.9 Å². The molecule has 0 saturated heterocycles. The minimum absolute atomic E-state index is 0.705. The summed E-state index contributed by atoms with van der Waals surface area (Å²) in [6, 6.07) is 5.61. The van der Waals surface area contributed by atoms with Gasteiger partial charge in [0, 0.05) is 36.4 Å². The van der Waals surface area contributed by atoms with Crippen LogP contribution in [0.4, 0.5) is 11.5 Å². The first kappa shape index (κ1) is 11.5. The van der Waals surface area contributed by atoms with Crippen LogP contribution in [-0.2, 0) is 6.42 Å². The average Bonchev–Trinajstić information content (AvgIpc) is 2.92. The highest BCUT2D eigenvalue weighted by atomic mass is 15.0. The van der Waals surface area contributed by atoms with E-state index in [0.717, 1.165) is 35.5 Å². The number of hydrogen-bond donors (Lipinski definition) is 3. The Labute approximate surface area is 110 Å². The molecule has 1 aromatic carbocycles. The number of aromatic amines is 1. The molecule has 6 heteroatoms. The molecule has 0 amide bonds. The van der Waals surface area contributed by atoms with E-state index in [1.807, 2.05) is 24.4 Å². The van der Waals surface area contributed by atoms with Gasteiger partial charge in [-0.25, -0.2) is 15.0 Å². The van der Waals surface area contributed by atoms with E-state index in [2.05, 4.69) is 25.3 Å². The molecule has 4 N–H and O–H groups in total. The second-order valence-corrected chi connectivity index (χ2v) is 4.21. The van der Waals surface area contributed by atoms with Gasteiger partial charge in [-0.2, -0.15) is 0 Å². The molecule has 0 spiro atoms. The summed E-state index contributed by atoms with van der Waals surface area (Å²) in [5, 5.41) is 4.22. The molecule has 0 saturated carbocycles. The van der Waals surface area contributed by atoms with Crippen LogP contribution in [0.3, 0.4) is 0 Å². The largest absolute Gasteiger partial charge is 0.399 e. The normalized spacial score (nSPS) is 10.7. The molecule has 3 aromatic rings. The molecule has 0 unspecified atom stereocenters. The van der Waals surface area contributed by atoms with Gasteiger partial charge in [0.1, 0.15) is 18.0 Å². The van der Waals surface area contributed by atoms with E-state index in [9.17, 15) is 0 Å². The van der Waals surface area contributed by atoms with Crippen LogP contribution in [0.5, 0.6) is 0 Å². The fourth-order valence-corrected chi connectivity index (χ4v) is 1.95. The summed E-state index contributed by atoms with van der Waals surface area (Å²) >= 11 is 0. The number of anilines is 2. The smallest absolute Gasteiger partial charge is 0.137 e. The van der Waals surface area contributed by atoms with Gasteiger partial charge in [-0.3, -0.25) is 0 Å². The summed E-state index contributed by atoms with van der Waals surface area (Å²) in [6.07, 6.45) is 5.92. The zero-order chi connectivity index (χ0) is 13.1. The SMILES string of the molecule is Nc1ccc2ncnc(NCCc3ncc[nH]3)c2c1. The Morgan fingerprint density at radius 3 is 3.00 bits per heavy atom. The summed E-state index contributed by atoms with van der Waals surface area (Å²) in [5.41, 5.74) is 7.38. The third-order valence-electron chi connectivity index (χ3n) is 2.87. The highest BCUT2D eigenvalue weighted by Gasteiger charge is 2.04. The molecule has 0 aliphatic heterocycles. The topological polar surface area (TPSA) is 92.5 Å². The molecule has 0 radical (unpaired) electrons. The summed E-state index contributed by atoms with van der Waals surface area (Å²) in [7, 11) is 0. The van der Waals surface area contributed by atoms with Gasteiger partial charge in [0.05, 0.1) is 5.52 Å². The fourth-order valence-electron chi connectivity index (χ4n) is 1.95. The summed E-state index contributed by atoms with van der Waals surface area (Å²) in [4.78, 5) is 15.7. The molecule has 0 aliphatic carbocycles. The van der Waals surface area contributed by atoms with E-state index in [4.69, 9.17) is 5.73 Å². The number of nitrogens with two attached hydrogens (primary N) is 1. The lowest BCUT2D eigenvalue weighted by Gasteiger charge is -2.07. The number of nitrogen functional groups attached to an aromatic ring is 1. The molecule has 0 aliphatic rings. The zero-order valence-electron chi connectivity index (χ0n) is 10.3. The lowest BCUT2D eigenvalue weighted by Crippen LogP contribution is -2.08. The molecule has 2 heterocycles. The maximum absolute atomic E-state index is 5.80. The molecule has 6 nitrogen and oxygen atoms in total. The van der Waals surface area contributed by atoms with E-state index in [-0.39, 0.29) is 0 Å². The van der Waals surface area contributed by atoms with E-state index in [1.54, 1.807) is 12.5 Å². The number of H-pyrrole nitrogens is 1. The number of fused-ring (bicyclic) bond motifs is 1. The Kier molecular flexibility index (Phi) is 2.97. The molecular formula is C13H14N6. The Morgan fingerprint density at radius 2 is 2.16 bits per heavy atom. The molecular weight excluding hydrogens is 240 g/mol. The third kappa shape index (κ3) is 2.47. The van der Waals surface area contributed by atoms with Crippen LogP contribution in [0.15, 0.2) is 36.9 Å². The quantitative estimate of drug-likeness (QED) is 0.615. The molecule has 0 atom stereocenters. The van der Waals surface area contributed by atoms with Crippen LogP contribution in [0.2, 0.25) is 0 Å². The average molecular weight is 254 g/mol. The van der Waals surface area contributed by atoms with Crippen molar-refractivity contribution in [2.24, 2.45) is 0 Å². The van der Waals surface area contributed by atoms with Gasteiger partial charge in [-0.05, 0) is 18.2 Å². The van der Waals surface area contributed by atoms with Gasteiger partial charge in [-0.1, -0.05) is 0 Å². The Morgan fingerprint density at radius 1 is 1.21 bits per heavy atom. The summed E-state index contributed by atoms with van der Waals surface area (Å²) < 4.78 is 0. The monoisotopic (exact) mass is 254 g/mol. The minimum Gasteiger partial charge on any atom is -0.399 e. The Hall–Kier alpha value is -2.63. The van der Waals surface area contributed by atoms with E-state index in [1.165, 1.54) is 0 Å². The lowest BCUT2D eigenvalue weighted by atomic mass is 10.2. The highest BCUT2D eigenvalue weighted by Crippen LogP contribution is 2.21. The first-order chi connectivity index (χ1) is 9.33.